The first-order chi connectivity index (χ1) is 9.49. The third-order valence-electron chi connectivity index (χ3n) is 2.54. The van der Waals surface area contributed by atoms with Gasteiger partial charge in [0.25, 0.3) is 0 Å². The second-order valence-corrected chi connectivity index (χ2v) is 5.05. The van der Waals surface area contributed by atoms with E-state index in [0.717, 1.165) is 5.56 Å². The third-order valence-corrected chi connectivity index (χ3v) is 3.28. The molecular formula is C14H11F3N2S. The van der Waals surface area contributed by atoms with E-state index in [2.05, 4.69) is 5.10 Å². The van der Waals surface area contributed by atoms with Crippen molar-refractivity contribution >= 4 is 17.5 Å². The highest BCUT2D eigenvalue weighted by molar-refractivity contribution is 8.00. The van der Waals surface area contributed by atoms with E-state index in [4.69, 9.17) is 5.84 Å². The summed E-state index contributed by atoms with van der Waals surface area (Å²) in [6, 6.07) is 15.2. The molecule has 2 nitrogen and oxygen atoms in total. The van der Waals surface area contributed by atoms with Gasteiger partial charge in [0.05, 0.1) is 5.71 Å². The summed E-state index contributed by atoms with van der Waals surface area (Å²) >= 11 is -0.147. The predicted molar refractivity (Wildman–Crippen MR) is 74.6 cm³/mol. The number of benzene rings is 2. The molecule has 20 heavy (non-hydrogen) atoms. The SMILES string of the molecule is N/N=C(/c1ccccc1)c1ccc(SC(F)(F)F)cc1. The number of hydrogen-bond donors (Lipinski definition) is 1. The Morgan fingerprint density at radius 3 is 1.95 bits per heavy atom. The molecule has 0 amide bonds. The fourth-order valence-electron chi connectivity index (χ4n) is 1.73. The summed E-state index contributed by atoms with van der Waals surface area (Å²) in [5, 5.41) is 3.72. The highest BCUT2D eigenvalue weighted by Crippen LogP contribution is 2.36. The van der Waals surface area contributed by atoms with Gasteiger partial charge in [-0.3, -0.25) is 0 Å². The molecule has 0 radical (unpaired) electrons. The van der Waals surface area contributed by atoms with Crippen LogP contribution in [0, 0.1) is 0 Å². The van der Waals surface area contributed by atoms with E-state index in [9.17, 15) is 13.2 Å². The average Bonchev–Trinajstić information content (AvgIpc) is 2.41. The number of thioether (sulfide) groups is 1. The summed E-state index contributed by atoms with van der Waals surface area (Å²) in [7, 11) is 0. The quantitative estimate of drug-likeness (QED) is 0.402. The van der Waals surface area contributed by atoms with Crippen LogP contribution < -0.4 is 5.84 Å². The third kappa shape index (κ3) is 3.77. The minimum Gasteiger partial charge on any atom is -0.323 e. The predicted octanol–water partition coefficient (Wildman–Crippen LogP) is 4.01. The molecule has 2 N–H and O–H groups in total. The summed E-state index contributed by atoms with van der Waals surface area (Å²) in [6.07, 6.45) is 0. The Bertz CT molecular complexity index is 592. The first-order valence-electron chi connectivity index (χ1n) is 5.69. The van der Waals surface area contributed by atoms with Gasteiger partial charge in [0.2, 0.25) is 0 Å². The Labute approximate surface area is 118 Å². The molecule has 2 aromatic carbocycles. The highest BCUT2D eigenvalue weighted by atomic mass is 32.2. The standard InChI is InChI=1S/C14H11F3N2S/c15-14(16,17)20-12-8-6-11(7-9-12)13(19-18)10-4-2-1-3-5-10/h1-9H,18H2/b19-13-. The van der Waals surface area contributed by atoms with E-state index in [0.29, 0.717) is 11.3 Å². The van der Waals surface area contributed by atoms with Crippen LogP contribution in [0.3, 0.4) is 0 Å². The Morgan fingerprint density at radius 1 is 0.900 bits per heavy atom. The van der Waals surface area contributed by atoms with Gasteiger partial charge in [-0.05, 0) is 23.9 Å². The molecule has 0 saturated heterocycles. The maximum atomic E-state index is 12.3. The van der Waals surface area contributed by atoms with Crippen LogP contribution in [0.15, 0.2) is 64.6 Å². The number of halogens is 3. The lowest BCUT2D eigenvalue weighted by molar-refractivity contribution is -0.0328. The molecule has 0 saturated carbocycles. The maximum Gasteiger partial charge on any atom is 0.446 e. The molecule has 2 rings (SSSR count). The van der Waals surface area contributed by atoms with Crippen molar-refractivity contribution in [2.75, 3.05) is 0 Å². The molecule has 0 aliphatic rings. The molecule has 0 heterocycles. The van der Waals surface area contributed by atoms with Gasteiger partial charge in [-0.25, -0.2) is 0 Å². The summed E-state index contributed by atoms with van der Waals surface area (Å²) in [5.74, 6) is 5.38. The lowest BCUT2D eigenvalue weighted by Crippen LogP contribution is -2.06. The second-order valence-electron chi connectivity index (χ2n) is 3.92. The van der Waals surface area contributed by atoms with Gasteiger partial charge >= 0.3 is 5.51 Å². The zero-order valence-corrected chi connectivity index (χ0v) is 11.1. The molecule has 0 aromatic heterocycles. The van der Waals surface area contributed by atoms with Crippen LogP contribution in [0.5, 0.6) is 0 Å². The van der Waals surface area contributed by atoms with Crippen molar-refractivity contribution in [1.82, 2.24) is 0 Å². The van der Waals surface area contributed by atoms with Crippen LogP contribution in [-0.4, -0.2) is 11.2 Å². The summed E-state index contributed by atoms with van der Waals surface area (Å²) in [6.45, 7) is 0. The van der Waals surface area contributed by atoms with Gasteiger partial charge in [0.1, 0.15) is 0 Å². The van der Waals surface area contributed by atoms with Crippen LogP contribution >= 0.6 is 11.8 Å². The Hall–Kier alpha value is -1.95. The van der Waals surface area contributed by atoms with E-state index in [1.807, 2.05) is 30.3 Å². The summed E-state index contributed by atoms with van der Waals surface area (Å²) in [4.78, 5) is 0.130. The van der Waals surface area contributed by atoms with E-state index >= 15 is 0 Å². The number of nitrogens with zero attached hydrogens (tertiary/aromatic N) is 1. The van der Waals surface area contributed by atoms with Crippen molar-refractivity contribution in [3.63, 3.8) is 0 Å². The Balaban J connectivity index is 2.25. The molecule has 0 fully saturated rings. The Morgan fingerprint density at radius 2 is 1.45 bits per heavy atom. The number of hydrazone groups is 1. The van der Waals surface area contributed by atoms with E-state index < -0.39 is 5.51 Å². The average molecular weight is 296 g/mol. The van der Waals surface area contributed by atoms with Crippen LogP contribution in [0.2, 0.25) is 0 Å². The molecule has 0 aliphatic heterocycles. The van der Waals surface area contributed by atoms with Crippen molar-refractivity contribution in [3.8, 4) is 0 Å². The largest absolute Gasteiger partial charge is 0.446 e. The maximum absolute atomic E-state index is 12.3. The zero-order valence-electron chi connectivity index (χ0n) is 10.3. The molecular weight excluding hydrogens is 285 g/mol. The Kier molecular flexibility index (Phi) is 4.34. The van der Waals surface area contributed by atoms with Gasteiger partial charge in [-0.15, -0.1) is 0 Å². The van der Waals surface area contributed by atoms with Crippen LogP contribution in [-0.2, 0) is 0 Å². The molecule has 0 spiro atoms. The van der Waals surface area contributed by atoms with E-state index in [1.165, 1.54) is 12.1 Å². The topological polar surface area (TPSA) is 38.4 Å². The monoisotopic (exact) mass is 296 g/mol. The fourth-order valence-corrected chi connectivity index (χ4v) is 2.27. The molecule has 6 heteroatoms. The fraction of sp³-hybridized carbons (Fsp3) is 0.0714. The van der Waals surface area contributed by atoms with Gasteiger partial charge in [-0.1, -0.05) is 42.5 Å². The molecule has 0 aliphatic carbocycles. The minimum absolute atomic E-state index is 0.130. The van der Waals surface area contributed by atoms with Crippen molar-refractivity contribution in [2.24, 2.45) is 10.9 Å². The van der Waals surface area contributed by atoms with E-state index in [1.54, 1.807) is 12.1 Å². The van der Waals surface area contributed by atoms with Crippen molar-refractivity contribution in [2.45, 2.75) is 10.4 Å². The lowest BCUT2D eigenvalue weighted by atomic mass is 10.0. The summed E-state index contributed by atoms with van der Waals surface area (Å²) < 4.78 is 36.8. The van der Waals surface area contributed by atoms with Crippen LogP contribution in [0.25, 0.3) is 0 Å². The van der Waals surface area contributed by atoms with Gasteiger partial charge in [0.15, 0.2) is 0 Å². The molecule has 2 aromatic rings. The van der Waals surface area contributed by atoms with Gasteiger partial charge in [-0.2, -0.15) is 18.3 Å². The molecule has 0 atom stereocenters. The number of nitrogens with two attached hydrogens (primary N) is 1. The molecule has 0 bridgehead atoms. The van der Waals surface area contributed by atoms with Crippen molar-refractivity contribution in [1.29, 1.82) is 0 Å². The van der Waals surface area contributed by atoms with Crippen LogP contribution in [0.1, 0.15) is 11.1 Å². The van der Waals surface area contributed by atoms with Crippen molar-refractivity contribution < 1.29 is 13.2 Å². The summed E-state index contributed by atoms with van der Waals surface area (Å²) in [5.41, 5.74) is -2.27. The highest BCUT2D eigenvalue weighted by Gasteiger charge is 2.29. The number of rotatable bonds is 3. The smallest absolute Gasteiger partial charge is 0.323 e. The first-order valence-corrected chi connectivity index (χ1v) is 6.51. The van der Waals surface area contributed by atoms with Gasteiger partial charge < -0.3 is 5.84 Å². The second kappa shape index (κ2) is 6.00. The van der Waals surface area contributed by atoms with E-state index in [-0.39, 0.29) is 16.7 Å². The molecule has 104 valence electrons. The minimum atomic E-state index is -4.29. The zero-order chi connectivity index (χ0) is 14.6. The molecule has 0 unspecified atom stereocenters. The van der Waals surface area contributed by atoms with Crippen LogP contribution in [0.4, 0.5) is 13.2 Å². The number of hydrogen-bond acceptors (Lipinski definition) is 3. The lowest BCUT2D eigenvalue weighted by Gasteiger charge is -2.08. The first kappa shape index (κ1) is 14.5. The van der Waals surface area contributed by atoms with Gasteiger partial charge in [0, 0.05) is 16.0 Å². The normalized spacial score (nSPS) is 12.4. The van der Waals surface area contributed by atoms with Crippen molar-refractivity contribution in [3.05, 3.63) is 65.7 Å². The number of alkyl halides is 3.